The van der Waals surface area contributed by atoms with Crippen molar-refractivity contribution in [2.75, 3.05) is 0 Å². The van der Waals surface area contributed by atoms with Crippen LogP contribution in [0.3, 0.4) is 0 Å². The zero-order valence-electron chi connectivity index (χ0n) is 9.49. The molecule has 3 nitrogen and oxygen atoms in total. The first-order valence-electron chi connectivity index (χ1n) is 5.52. The smallest absolute Gasteiger partial charge is 0.228 e. The van der Waals surface area contributed by atoms with Crippen LogP contribution in [0.1, 0.15) is 42.1 Å². The minimum Gasteiger partial charge on any atom is -0.353 e. The number of nitrogens with one attached hydrogen (secondary N) is 1. The summed E-state index contributed by atoms with van der Waals surface area (Å²) in [5.74, 6) is -0.279. The highest BCUT2D eigenvalue weighted by molar-refractivity contribution is 6.06. The Kier molecular flexibility index (Phi) is 2.77. The third-order valence-electron chi connectivity index (χ3n) is 2.77. The summed E-state index contributed by atoms with van der Waals surface area (Å²) in [6.07, 6.45) is 0.303. The second kappa shape index (κ2) is 4.08. The number of amides is 1. The molecule has 1 unspecified atom stereocenters. The van der Waals surface area contributed by atoms with E-state index in [-0.39, 0.29) is 23.7 Å². The lowest BCUT2D eigenvalue weighted by molar-refractivity contribution is -0.122. The van der Waals surface area contributed by atoms with E-state index in [1.807, 2.05) is 32.0 Å². The van der Waals surface area contributed by atoms with Gasteiger partial charge in [0.2, 0.25) is 5.91 Å². The van der Waals surface area contributed by atoms with Crippen molar-refractivity contribution in [3.63, 3.8) is 0 Å². The fourth-order valence-corrected chi connectivity index (χ4v) is 2.08. The minimum atomic E-state index is -0.300. The Balaban J connectivity index is 2.27. The summed E-state index contributed by atoms with van der Waals surface area (Å²) in [6, 6.07) is 7.47. The van der Waals surface area contributed by atoms with E-state index in [0.29, 0.717) is 12.0 Å². The van der Waals surface area contributed by atoms with Crippen LogP contribution in [-0.2, 0) is 4.79 Å². The Labute approximate surface area is 94.9 Å². The molecule has 1 aromatic carbocycles. The first-order valence-corrected chi connectivity index (χ1v) is 5.52. The van der Waals surface area contributed by atoms with Gasteiger partial charge >= 0.3 is 0 Å². The average molecular weight is 217 g/mol. The molecule has 1 amide bonds. The third kappa shape index (κ3) is 1.85. The van der Waals surface area contributed by atoms with Gasteiger partial charge in [0.1, 0.15) is 0 Å². The van der Waals surface area contributed by atoms with Gasteiger partial charge in [-0.15, -0.1) is 0 Å². The Morgan fingerprint density at radius 3 is 2.75 bits per heavy atom. The predicted molar refractivity (Wildman–Crippen MR) is 61.4 cm³/mol. The van der Waals surface area contributed by atoms with Crippen LogP contribution < -0.4 is 5.32 Å². The van der Waals surface area contributed by atoms with Crippen molar-refractivity contribution < 1.29 is 9.59 Å². The number of hydrogen-bond acceptors (Lipinski definition) is 2. The maximum absolute atomic E-state index is 11.9. The molecule has 84 valence electrons. The van der Waals surface area contributed by atoms with E-state index in [0.717, 1.165) is 5.56 Å². The van der Waals surface area contributed by atoms with Gasteiger partial charge in [-0.2, -0.15) is 0 Å². The predicted octanol–water partition coefficient (Wildman–Crippen LogP) is 1.88. The molecule has 0 saturated heterocycles. The highest BCUT2D eigenvalue weighted by atomic mass is 16.2. The molecule has 0 aliphatic heterocycles. The van der Waals surface area contributed by atoms with E-state index in [9.17, 15) is 9.59 Å². The van der Waals surface area contributed by atoms with Gasteiger partial charge in [-0.25, -0.2) is 0 Å². The molecule has 1 aliphatic carbocycles. The van der Waals surface area contributed by atoms with Gasteiger partial charge in [-0.05, 0) is 19.4 Å². The van der Waals surface area contributed by atoms with Gasteiger partial charge in [0.15, 0.2) is 5.78 Å². The van der Waals surface area contributed by atoms with Crippen molar-refractivity contribution >= 4 is 11.7 Å². The van der Waals surface area contributed by atoms with Crippen LogP contribution in [0.5, 0.6) is 0 Å². The maximum atomic E-state index is 11.9. The summed E-state index contributed by atoms with van der Waals surface area (Å²) in [4.78, 5) is 23.6. The first-order chi connectivity index (χ1) is 7.59. The Bertz CT molecular complexity index is 437. The third-order valence-corrected chi connectivity index (χ3v) is 2.77. The van der Waals surface area contributed by atoms with Crippen molar-refractivity contribution in [1.82, 2.24) is 5.32 Å². The Hall–Kier alpha value is -1.64. The normalized spacial score (nSPS) is 18.7. The monoisotopic (exact) mass is 217 g/mol. The summed E-state index contributed by atoms with van der Waals surface area (Å²) in [5, 5.41) is 2.85. The lowest BCUT2D eigenvalue weighted by atomic mass is 10.0. The summed E-state index contributed by atoms with van der Waals surface area (Å²) < 4.78 is 0. The second-order valence-electron chi connectivity index (χ2n) is 4.43. The lowest BCUT2D eigenvalue weighted by Gasteiger charge is -2.13. The number of rotatable bonds is 2. The quantitative estimate of drug-likeness (QED) is 0.822. The number of ketones is 1. The van der Waals surface area contributed by atoms with Crippen molar-refractivity contribution in [1.29, 1.82) is 0 Å². The molecule has 1 N–H and O–H groups in total. The van der Waals surface area contributed by atoms with Crippen LogP contribution in [0, 0.1) is 0 Å². The molecule has 1 atom stereocenters. The summed E-state index contributed by atoms with van der Waals surface area (Å²) in [6.45, 7) is 3.83. The van der Waals surface area contributed by atoms with Crippen LogP contribution >= 0.6 is 0 Å². The number of benzene rings is 1. The highest BCUT2D eigenvalue weighted by Crippen LogP contribution is 2.32. The molecule has 0 bridgehead atoms. The van der Waals surface area contributed by atoms with Gasteiger partial charge in [0.05, 0.1) is 5.92 Å². The highest BCUT2D eigenvalue weighted by Gasteiger charge is 2.33. The fraction of sp³-hybridized carbons (Fsp3) is 0.385. The van der Waals surface area contributed by atoms with Crippen LogP contribution in [-0.4, -0.2) is 17.7 Å². The van der Waals surface area contributed by atoms with E-state index in [1.165, 1.54) is 0 Å². The van der Waals surface area contributed by atoms with E-state index < -0.39 is 0 Å². The largest absolute Gasteiger partial charge is 0.353 e. The van der Waals surface area contributed by atoms with Crippen molar-refractivity contribution in [3.05, 3.63) is 35.4 Å². The average Bonchev–Trinajstić information content (AvgIpc) is 2.56. The van der Waals surface area contributed by atoms with Crippen molar-refractivity contribution in [2.24, 2.45) is 0 Å². The number of carbonyl (C=O) groups excluding carboxylic acids is 2. The summed E-state index contributed by atoms with van der Waals surface area (Å²) in [7, 11) is 0. The van der Waals surface area contributed by atoms with Gasteiger partial charge < -0.3 is 5.32 Å². The Morgan fingerprint density at radius 1 is 1.38 bits per heavy atom. The molecule has 3 heteroatoms. The van der Waals surface area contributed by atoms with Crippen LogP contribution in [0.2, 0.25) is 0 Å². The maximum Gasteiger partial charge on any atom is 0.228 e. The molecule has 0 aromatic heterocycles. The standard InChI is InChI=1S/C13H15NO2/c1-8(2)14-13(16)11-7-12(15)10-6-4-3-5-9(10)11/h3-6,8,11H,7H2,1-2H3,(H,14,16). The minimum absolute atomic E-state index is 0.0479. The van der Waals surface area contributed by atoms with Crippen LogP contribution in [0.25, 0.3) is 0 Å². The molecule has 0 fully saturated rings. The van der Waals surface area contributed by atoms with Gasteiger partial charge in [-0.1, -0.05) is 24.3 Å². The summed E-state index contributed by atoms with van der Waals surface area (Å²) in [5.41, 5.74) is 1.57. The molecule has 2 rings (SSSR count). The lowest BCUT2D eigenvalue weighted by Crippen LogP contribution is -2.33. The Morgan fingerprint density at radius 2 is 2.06 bits per heavy atom. The molecule has 16 heavy (non-hydrogen) atoms. The number of fused-ring (bicyclic) bond motifs is 1. The molecule has 0 spiro atoms. The fourth-order valence-electron chi connectivity index (χ4n) is 2.08. The topological polar surface area (TPSA) is 46.2 Å². The van der Waals surface area contributed by atoms with Crippen molar-refractivity contribution in [2.45, 2.75) is 32.2 Å². The van der Waals surface area contributed by atoms with Crippen LogP contribution in [0.15, 0.2) is 24.3 Å². The van der Waals surface area contributed by atoms with Gasteiger partial charge in [0.25, 0.3) is 0 Å². The van der Waals surface area contributed by atoms with E-state index >= 15 is 0 Å². The zero-order valence-corrected chi connectivity index (χ0v) is 9.49. The zero-order chi connectivity index (χ0) is 11.7. The summed E-state index contributed by atoms with van der Waals surface area (Å²) >= 11 is 0. The van der Waals surface area contributed by atoms with E-state index in [4.69, 9.17) is 0 Å². The van der Waals surface area contributed by atoms with E-state index in [1.54, 1.807) is 6.07 Å². The van der Waals surface area contributed by atoms with Crippen molar-refractivity contribution in [3.8, 4) is 0 Å². The first kappa shape index (κ1) is 10.9. The SMILES string of the molecule is CC(C)NC(=O)C1CC(=O)c2ccccc21. The number of Topliss-reactive ketones (excluding diaryl/α,β-unsaturated/α-hetero) is 1. The van der Waals surface area contributed by atoms with E-state index in [2.05, 4.69) is 5.32 Å². The molecule has 1 aliphatic rings. The van der Waals surface area contributed by atoms with Gasteiger partial charge in [0, 0.05) is 18.0 Å². The molecular formula is C13H15NO2. The molecule has 0 saturated carbocycles. The second-order valence-corrected chi connectivity index (χ2v) is 4.43. The number of carbonyl (C=O) groups is 2. The molecule has 0 heterocycles. The molecule has 1 aromatic rings. The number of hydrogen-bond donors (Lipinski definition) is 1. The molecule has 0 radical (unpaired) electrons. The van der Waals surface area contributed by atoms with Crippen LogP contribution in [0.4, 0.5) is 0 Å². The van der Waals surface area contributed by atoms with Gasteiger partial charge in [-0.3, -0.25) is 9.59 Å². The molecular weight excluding hydrogens is 202 g/mol.